The zero-order chi connectivity index (χ0) is 14.0. The van der Waals surface area contributed by atoms with Crippen LogP contribution >= 0.6 is 0 Å². The van der Waals surface area contributed by atoms with E-state index in [0.717, 1.165) is 0 Å². The fraction of sp³-hybridized carbons (Fsp3) is 0.364. The molecule has 0 saturated heterocycles. The van der Waals surface area contributed by atoms with Gasteiger partial charge in [0.15, 0.2) is 0 Å². The van der Waals surface area contributed by atoms with E-state index in [2.05, 4.69) is 0 Å². The average Bonchev–Trinajstić information content (AvgIpc) is 2.25. The Hall–Kier alpha value is -1.66. The third-order valence-corrected chi connectivity index (χ3v) is 2.38. The molecule has 18 heavy (non-hydrogen) atoms. The molecule has 1 aromatic rings. The van der Waals surface area contributed by atoms with Crippen LogP contribution in [0.1, 0.15) is 17.9 Å². The topological polar surface area (TPSA) is 37.3 Å². The van der Waals surface area contributed by atoms with Crippen LogP contribution < -0.4 is 0 Å². The third-order valence-electron chi connectivity index (χ3n) is 2.38. The Bertz CT molecular complexity index is 413. The fourth-order valence-corrected chi connectivity index (χ4v) is 1.41. The van der Waals surface area contributed by atoms with Gasteiger partial charge in [-0.3, -0.25) is 4.79 Å². The molecule has 0 aliphatic heterocycles. The highest BCUT2D eigenvalue weighted by Gasteiger charge is 2.58. The van der Waals surface area contributed by atoms with Gasteiger partial charge in [-0.25, -0.2) is 0 Å². The van der Waals surface area contributed by atoms with Gasteiger partial charge in [0, 0.05) is 6.42 Å². The van der Waals surface area contributed by atoms with Crippen LogP contribution in [0.4, 0.5) is 22.0 Å². The summed E-state index contributed by atoms with van der Waals surface area (Å²) < 4.78 is 61.8. The first-order chi connectivity index (χ1) is 8.15. The SMILES string of the molecule is O=C(O)C(CC(F)(F)C(F)(F)F)c1ccccc1. The number of halogens is 5. The highest BCUT2D eigenvalue weighted by Crippen LogP contribution is 2.42. The highest BCUT2D eigenvalue weighted by molar-refractivity contribution is 5.76. The van der Waals surface area contributed by atoms with Gasteiger partial charge in [-0.15, -0.1) is 0 Å². The molecule has 0 radical (unpaired) electrons. The van der Waals surface area contributed by atoms with Crippen molar-refractivity contribution in [3.05, 3.63) is 35.9 Å². The van der Waals surface area contributed by atoms with Gasteiger partial charge in [-0.05, 0) is 5.56 Å². The molecular formula is C11H9F5O2. The first-order valence-corrected chi connectivity index (χ1v) is 4.87. The van der Waals surface area contributed by atoms with Gasteiger partial charge in [0.25, 0.3) is 0 Å². The summed E-state index contributed by atoms with van der Waals surface area (Å²) in [4.78, 5) is 10.8. The van der Waals surface area contributed by atoms with Crippen molar-refractivity contribution < 1.29 is 31.9 Å². The van der Waals surface area contributed by atoms with E-state index in [-0.39, 0.29) is 5.56 Å². The van der Waals surface area contributed by atoms with Crippen molar-refractivity contribution in [2.45, 2.75) is 24.4 Å². The molecule has 1 rings (SSSR count). The Balaban J connectivity index is 3.00. The molecule has 0 bridgehead atoms. The van der Waals surface area contributed by atoms with Gasteiger partial charge >= 0.3 is 18.1 Å². The van der Waals surface area contributed by atoms with Crippen LogP contribution in [-0.4, -0.2) is 23.2 Å². The molecule has 1 atom stereocenters. The first-order valence-electron chi connectivity index (χ1n) is 4.87. The molecule has 0 spiro atoms. The number of hydrogen-bond donors (Lipinski definition) is 1. The van der Waals surface area contributed by atoms with Crippen LogP contribution in [0.25, 0.3) is 0 Å². The average molecular weight is 268 g/mol. The Morgan fingerprint density at radius 3 is 2.00 bits per heavy atom. The molecule has 1 N–H and O–H groups in total. The van der Waals surface area contributed by atoms with Crippen molar-refractivity contribution in [1.29, 1.82) is 0 Å². The van der Waals surface area contributed by atoms with Gasteiger partial charge in [0.2, 0.25) is 0 Å². The van der Waals surface area contributed by atoms with E-state index in [0.29, 0.717) is 0 Å². The number of carbonyl (C=O) groups is 1. The number of alkyl halides is 5. The van der Waals surface area contributed by atoms with E-state index in [9.17, 15) is 26.7 Å². The molecule has 0 saturated carbocycles. The largest absolute Gasteiger partial charge is 0.481 e. The molecule has 0 aliphatic carbocycles. The zero-order valence-electron chi connectivity index (χ0n) is 8.92. The number of benzene rings is 1. The summed E-state index contributed by atoms with van der Waals surface area (Å²) in [5.41, 5.74) is -0.0890. The van der Waals surface area contributed by atoms with Gasteiger partial charge < -0.3 is 5.11 Å². The van der Waals surface area contributed by atoms with Crippen molar-refractivity contribution in [2.75, 3.05) is 0 Å². The van der Waals surface area contributed by atoms with Crippen LogP contribution in [0.15, 0.2) is 30.3 Å². The Kier molecular flexibility index (Phi) is 3.93. The minimum absolute atomic E-state index is 0.0890. The van der Waals surface area contributed by atoms with E-state index in [1.165, 1.54) is 30.3 Å². The van der Waals surface area contributed by atoms with Crippen LogP contribution in [0.3, 0.4) is 0 Å². The van der Waals surface area contributed by atoms with Crippen LogP contribution in [0.5, 0.6) is 0 Å². The zero-order valence-corrected chi connectivity index (χ0v) is 8.92. The second-order valence-corrected chi connectivity index (χ2v) is 3.71. The van der Waals surface area contributed by atoms with E-state index >= 15 is 0 Å². The molecule has 0 heterocycles. The number of carboxylic acid groups (broad SMARTS) is 1. The molecule has 1 aromatic carbocycles. The second kappa shape index (κ2) is 4.91. The molecule has 100 valence electrons. The Morgan fingerprint density at radius 2 is 1.61 bits per heavy atom. The standard InChI is InChI=1S/C11H9F5O2/c12-10(13,11(14,15)16)6-8(9(17)18)7-4-2-1-3-5-7/h1-5,8H,6H2,(H,17,18). The lowest BCUT2D eigenvalue weighted by molar-refractivity contribution is -0.285. The van der Waals surface area contributed by atoms with Crippen molar-refractivity contribution in [3.63, 3.8) is 0 Å². The van der Waals surface area contributed by atoms with Crippen LogP contribution in [-0.2, 0) is 4.79 Å². The van der Waals surface area contributed by atoms with E-state index in [1.807, 2.05) is 0 Å². The molecule has 0 amide bonds. The molecule has 0 aliphatic rings. The second-order valence-electron chi connectivity index (χ2n) is 3.71. The lowest BCUT2D eigenvalue weighted by Gasteiger charge is -2.23. The van der Waals surface area contributed by atoms with Crippen molar-refractivity contribution in [3.8, 4) is 0 Å². The lowest BCUT2D eigenvalue weighted by Crippen LogP contribution is -2.39. The monoisotopic (exact) mass is 268 g/mol. The van der Waals surface area contributed by atoms with Crippen LogP contribution in [0.2, 0.25) is 0 Å². The summed E-state index contributed by atoms with van der Waals surface area (Å²) in [7, 11) is 0. The summed E-state index contributed by atoms with van der Waals surface area (Å²) >= 11 is 0. The summed E-state index contributed by atoms with van der Waals surface area (Å²) in [6, 6.07) is 6.65. The van der Waals surface area contributed by atoms with E-state index in [4.69, 9.17) is 5.11 Å². The minimum atomic E-state index is -5.75. The molecule has 1 unspecified atom stereocenters. The maximum Gasteiger partial charge on any atom is 0.453 e. The Labute approximate surface area is 99.0 Å². The Morgan fingerprint density at radius 1 is 1.11 bits per heavy atom. The minimum Gasteiger partial charge on any atom is -0.481 e. The van der Waals surface area contributed by atoms with Gasteiger partial charge in [-0.2, -0.15) is 22.0 Å². The van der Waals surface area contributed by atoms with E-state index in [1.54, 1.807) is 0 Å². The summed E-state index contributed by atoms with van der Waals surface area (Å²) in [5, 5.41) is 8.76. The van der Waals surface area contributed by atoms with Gasteiger partial charge in [-0.1, -0.05) is 30.3 Å². The summed E-state index contributed by atoms with van der Waals surface area (Å²) in [6.07, 6.45) is -7.56. The lowest BCUT2D eigenvalue weighted by atomic mass is 9.92. The molecule has 0 aromatic heterocycles. The van der Waals surface area contributed by atoms with Crippen molar-refractivity contribution in [2.24, 2.45) is 0 Å². The van der Waals surface area contributed by atoms with Crippen molar-refractivity contribution >= 4 is 5.97 Å². The van der Waals surface area contributed by atoms with Gasteiger partial charge in [0.05, 0.1) is 5.92 Å². The number of carboxylic acids is 1. The normalized spacial score (nSPS) is 14.3. The fourth-order valence-electron chi connectivity index (χ4n) is 1.41. The molecule has 2 nitrogen and oxygen atoms in total. The summed E-state index contributed by atoms with van der Waals surface area (Å²) in [6.45, 7) is 0. The number of hydrogen-bond acceptors (Lipinski definition) is 1. The highest BCUT2D eigenvalue weighted by atomic mass is 19.4. The number of aliphatic carboxylic acids is 1. The summed E-state index contributed by atoms with van der Waals surface area (Å²) in [5.74, 6) is -8.65. The smallest absolute Gasteiger partial charge is 0.453 e. The predicted molar refractivity (Wildman–Crippen MR) is 52.4 cm³/mol. The molecule has 0 fully saturated rings. The maximum atomic E-state index is 12.8. The quantitative estimate of drug-likeness (QED) is 0.849. The first kappa shape index (κ1) is 14.4. The predicted octanol–water partition coefficient (Wildman–Crippen LogP) is 3.44. The van der Waals surface area contributed by atoms with Gasteiger partial charge in [0.1, 0.15) is 0 Å². The maximum absolute atomic E-state index is 12.8. The van der Waals surface area contributed by atoms with E-state index < -0.39 is 30.4 Å². The third kappa shape index (κ3) is 3.18. The molecular weight excluding hydrogens is 259 g/mol. The van der Waals surface area contributed by atoms with Crippen molar-refractivity contribution in [1.82, 2.24) is 0 Å². The number of rotatable bonds is 4. The molecule has 7 heteroatoms. The van der Waals surface area contributed by atoms with Crippen LogP contribution in [0, 0.1) is 0 Å².